The number of anilines is 2. The number of nitrogens with one attached hydrogen (secondary N) is 2. The predicted molar refractivity (Wildman–Crippen MR) is 113 cm³/mol. The van der Waals surface area contributed by atoms with Crippen molar-refractivity contribution in [3.8, 4) is 11.5 Å². The first kappa shape index (κ1) is 21.0. The van der Waals surface area contributed by atoms with Crippen LogP contribution in [-0.2, 0) is 14.6 Å². The van der Waals surface area contributed by atoms with Gasteiger partial charge in [-0.2, -0.15) is 0 Å². The SMILES string of the molecule is COc1ccc(OC)c(NC(=O)CNc2ccc(S(=O)(=O)C3CCCC3)cc2)c1. The Hall–Kier alpha value is -2.74. The standard InChI is InChI=1S/C21H26N2O5S/c1-27-16-9-12-20(28-2)19(13-16)23-21(24)14-22-15-7-10-18(11-8-15)29(25,26)17-5-3-4-6-17/h7-13,17,22H,3-6,14H2,1-2H3,(H,23,24). The monoisotopic (exact) mass is 418 g/mol. The second-order valence-corrected chi connectivity index (χ2v) is 9.17. The fraction of sp³-hybridized carbons (Fsp3) is 0.381. The van der Waals surface area contributed by atoms with E-state index in [0.717, 1.165) is 25.7 Å². The van der Waals surface area contributed by atoms with Crippen LogP contribution in [0.1, 0.15) is 25.7 Å². The number of ether oxygens (including phenoxy) is 2. The van der Waals surface area contributed by atoms with Crippen molar-refractivity contribution >= 4 is 27.1 Å². The lowest BCUT2D eigenvalue weighted by atomic mass is 10.2. The zero-order valence-electron chi connectivity index (χ0n) is 16.6. The Morgan fingerprint density at radius 3 is 2.34 bits per heavy atom. The lowest BCUT2D eigenvalue weighted by Gasteiger charge is -2.13. The summed E-state index contributed by atoms with van der Waals surface area (Å²) in [6, 6.07) is 11.7. The largest absolute Gasteiger partial charge is 0.497 e. The highest BCUT2D eigenvalue weighted by atomic mass is 32.2. The van der Waals surface area contributed by atoms with Crippen molar-refractivity contribution in [2.24, 2.45) is 0 Å². The van der Waals surface area contributed by atoms with E-state index < -0.39 is 9.84 Å². The van der Waals surface area contributed by atoms with Crippen molar-refractivity contribution in [2.45, 2.75) is 35.8 Å². The number of methoxy groups -OCH3 is 2. The van der Waals surface area contributed by atoms with Gasteiger partial charge in [0.05, 0.1) is 36.6 Å². The van der Waals surface area contributed by atoms with Gasteiger partial charge in [0.1, 0.15) is 11.5 Å². The highest BCUT2D eigenvalue weighted by molar-refractivity contribution is 7.92. The van der Waals surface area contributed by atoms with Crippen molar-refractivity contribution in [3.63, 3.8) is 0 Å². The van der Waals surface area contributed by atoms with E-state index in [9.17, 15) is 13.2 Å². The fourth-order valence-electron chi connectivity index (χ4n) is 3.44. The number of benzene rings is 2. The van der Waals surface area contributed by atoms with Crippen LogP contribution >= 0.6 is 0 Å². The molecule has 2 N–H and O–H groups in total. The minimum Gasteiger partial charge on any atom is -0.497 e. The highest BCUT2D eigenvalue weighted by Crippen LogP contribution is 2.30. The minimum absolute atomic E-state index is 0.0229. The van der Waals surface area contributed by atoms with E-state index in [1.165, 1.54) is 7.11 Å². The van der Waals surface area contributed by atoms with E-state index in [2.05, 4.69) is 10.6 Å². The summed E-state index contributed by atoms with van der Waals surface area (Å²) in [6.45, 7) is 0.0229. The molecule has 7 nitrogen and oxygen atoms in total. The molecule has 156 valence electrons. The Balaban J connectivity index is 1.59. The predicted octanol–water partition coefficient (Wildman–Crippen LogP) is 3.47. The summed E-state index contributed by atoms with van der Waals surface area (Å²) in [5.41, 5.74) is 1.18. The van der Waals surface area contributed by atoms with E-state index in [4.69, 9.17) is 9.47 Å². The third-order valence-electron chi connectivity index (χ3n) is 5.06. The zero-order chi connectivity index (χ0) is 20.9. The van der Waals surface area contributed by atoms with E-state index in [1.807, 2.05) is 0 Å². The van der Waals surface area contributed by atoms with Gasteiger partial charge in [-0.3, -0.25) is 4.79 Å². The normalized spacial score (nSPS) is 14.4. The van der Waals surface area contributed by atoms with Crippen LogP contribution in [0.2, 0.25) is 0 Å². The molecule has 0 bridgehead atoms. The smallest absolute Gasteiger partial charge is 0.243 e. The number of hydrogen-bond donors (Lipinski definition) is 2. The van der Waals surface area contributed by atoms with Crippen LogP contribution in [0, 0.1) is 0 Å². The molecule has 0 saturated heterocycles. The van der Waals surface area contributed by atoms with Crippen molar-refractivity contribution < 1.29 is 22.7 Å². The van der Waals surface area contributed by atoms with Gasteiger partial charge in [0.25, 0.3) is 0 Å². The summed E-state index contributed by atoms with van der Waals surface area (Å²) >= 11 is 0. The molecule has 0 spiro atoms. The Labute approximate surface area is 171 Å². The topological polar surface area (TPSA) is 93.7 Å². The maximum absolute atomic E-state index is 12.6. The second-order valence-electron chi connectivity index (χ2n) is 6.94. The van der Waals surface area contributed by atoms with Gasteiger partial charge in [-0.1, -0.05) is 12.8 Å². The van der Waals surface area contributed by atoms with Gasteiger partial charge >= 0.3 is 0 Å². The lowest BCUT2D eigenvalue weighted by Crippen LogP contribution is -2.22. The van der Waals surface area contributed by atoms with Crippen molar-refractivity contribution in [3.05, 3.63) is 42.5 Å². The van der Waals surface area contributed by atoms with Crippen molar-refractivity contribution in [1.82, 2.24) is 0 Å². The molecular weight excluding hydrogens is 392 g/mol. The van der Waals surface area contributed by atoms with Gasteiger partial charge in [-0.25, -0.2) is 8.42 Å². The Morgan fingerprint density at radius 1 is 1.03 bits per heavy atom. The molecule has 1 aliphatic carbocycles. The summed E-state index contributed by atoms with van der Waals surface area (Å²) in [5.74, 6) is 0.868. The first-order valence-electron chi connectivity index (χ1n) is 9.54. The molecule has 8 heteroatoms. The third-order valence-corrected chi connectivity index (χ3v) is 7.34. The lowest BCUT2D eigenvalue weighted by molar-refractivity contribution is -0.114. The van der Waals surface area contributed by atoms with Gasteiger partial charge in [0.15, 0.2) is 9.84 Å². The zero-order valence-corrected chi connectivity index (χ0v) is 17.4. The molecule has 1 aliphatic rings. The number of carbonyl (C=O) groups is 1. The molecule has 0 radical (unpaired) electrons. The Morgan fingerprint density at radius 2 is 1.72 bits per heavy atom. The fourth-order valence-corrected chi connectivity index (χ4v) is 5.30. The van der Waals surface area contributed by atoms with E-state index in [0.29, 0.717) is 27.8 Å². The Kier molecular flexibility index (Phi) is 6.64. The van der Waals surface area contributed by atoms with Crippen LogP contribution in [-0.4, -0.2) is 40.3 Å². The van der Waals surface area contributed by atoms with Crippen LogP contribution in [0.25, 0.3) is 0 Å². The molecule has 0 atom stereocenters. The number of carbonyl (C=O) groups excluding carboxylic acids is 1. The first-order chi connectivity index (χ1) is 13.9. The van der Waals surface area contributed by atoms with Gasteiger partial charge in [0, 0.05) is 11.8 Å². The average Bonchev–Trinajstić information content (AvgIpc) is 3.28. The van der Waals surface area contributed by atoms with Crippen LogP contribution in [0.5, 0.6) is 11.5 Å². The first-order valence-corrected chi connectivity index (χ1v) is 11.1. The van der Waals surface area contributed by atoms with Gasteiger partial charge in [-0.05, 0) is 49.2 Å². The molecule has 0 aliphatic heterocycles. The maximum atomic E-state index is 12.6. The molecule has 0 aromatic heterocycles. The molecule has 1 saturated carbocycles. The maximum Gasteiger partial charge on any atom is 0.243 e. The minimum atomic E-state index is -3.27. The van der Waals surface area contributed by atoms with E-state index >= 15 is 0 Å². The second kappa shape index (κ2) is 9.17. The van der Waals surface area contributed by atoms with E-state index in [-0.39, 0.29) is 17.7 Å². The van der Waals surface area contributed by atoms with Gasteiger partial charge in [0.2, 0.25) is 5.91 Å². The van der Waals surface area contributed by atoms with Crippen LogP contribution < -0.4 is 20.1 Å². The number of amides is 1. The average molecular weight is 419 g/mol. The summed E-state index contributed by atoms with van der Waals surface area (Å²) in [4.78, 5) is 12.6. The molecule has 3 rings (SSSR count). The van der Waals surface area contributed by atoms with Crippen LogP contribution in [0.15, 0.2) is 47.4 Å². The van der Waals surface area contributed by atoms with Crippen LogP contribution in [0.4, 0.5) is 11.4 Å². The molecule has 0 heterocycles. The van der Waals surface area contributed by atoms with E-state index in [1.54, 1.807) is 49.6 Å². The van der Waals surface area contributed by atoms with Crippen molar-refractivity contribution in [2.75, 3.05) is 31.4 Å². The Bertz CT molecular complexity index is 952. The molecule has 2 aromatic carbocycles. The van der Waals surface area contributed by atoms with Crippen LogP contribution in [0.3, 0.4) is 0 Å². The number of hydrogen-bond acceptors (Lipinski definition) is 6. The highest BCUT2D eigenvalue weighted by Gasteiger charge is 2.30. The summed E-state index contributed by atoms with van der Waals surface area (Å²) in [5, 5.41) is 5.50. The molecule has 2 aromatic rings. The summed E-state index contributed by atoms with van der Waals surface area (Å²) < 4.78 is 35.7. The molecule has 0 unspecified atom stereocenters. The summed E-state index contributed by atoms with van der Waals surface area (Å²) in [7, 11) is -0.203. The molecule has 1 fully saturated rings. The van der Waals surface area contributed by atoms with Crippen molar-refractivity contribution in [1.29, 1.82) is 0 Å². The van der Waals surface area contributed by atoms with Gasteiger partial charge in [-0.15, -0.1) is 0 Å². The molecule has 1 amide bonds. The molecular formula is C21H26N2O5S. The molecule has 29 heavy (non-hydrogen) atoms. The third kappa shape index (κ3) is 5.00. The number of sulfone groups is 1. The van der Waals surface area contributed by atoms with Gasteiger partial charge < -0.3 is 20.1 Å². The summed E-state index contributed by atoms with van der Waals surface area (Å²) in [6.07, 6.45) is 3.40. The number of rotatable bonds is 8. The quantitative estimate of drug-likeness (QED) is 0.682.